The monoisotopic (exact) mass is 409 g/mol. The zero-order chi connectivity index (χ0) is 21.1. The standard InChI is InChI=1S/C22H23N3O5/c1-28-18-7-6-14(12-19(18)29-2)24-20-15-4-3-5-17(25-8-10-30-11-9-25)21(15)23-13-16(20)22(26)27/h3-7,12-13H,8-11H2,1-2H3,(H,23,24)(H,26,27). The maximum atomic E-state index is 11.9. The average Bonchev–Trinajstić information content (AvgIpc) is 2.79. The molecule has 1 fully saturated rings. The number of rotatable bonds is 6. The first kappa shape index (κ1) is 19.8. The summed E-state index contributed by atoms with van der Waals surface area (Å²) < 4.78 is 16.1. The molecule has 0 spiro atoms. The molecule has 2 aromatic carbocycles. The number of pyridine rings is 1. The third kappa shape index (κ3) is 3.69. The van der Waals surface area contributed by atoms with Gasteiger partial charge >= 0.3 is 5.97 Å². The average molecular weight is 409 g/mol. The number of ether oxygens (including phenoxy) is 3. The van der Waals surface area contributed by atoms with Crippen LogP contribution in [0.4, 0.5) is 17.1 Å². The maximum Gasteiger partial charge on any atom is 0.339 e. The lowest BCUT2D eigenvalue weighted by Crippen LogP contribution is -2.36. The smallest absolute Gasteiger partial charge is 0.339 e. The van der Waals surface area contributed by atoms with Gasteiger partial charge in [-0.05, 0) is 18.2 Å². The summed E-state index contributed by atoms with van der Waals surface area (Å²) in [6.45, 7) is 2.83. The Morgan fingerprint density at radius 1 is 1.13 bits per heavy atom. The lowest BCUT2D eigenvalue weighted by atomic mass is 10.1. The van der Waals surface area contributed by atoms with Crippen molar-refractivity contribution in [2.45, 2.75) is 0 Å². The molecule has 0 atom stereocenters. The van der Waals surface area contributed by atoms with E-state index < -0.39 is 5.97 Å². The summed E-state index contributed by atoms with van der Waals surface area (Å²) in [6.07, 6.45) is 1.40. The molecule has 0 unspecified atom stereocenters. The third-order valence-corrected chi connectivity index (χ3v) is 5.11. The molecule has 3 aromatic rings. The summed E-state index contributed by atoms with van der Waals surface area (Å²) in [6, 6.07) is 11.1. The number of aromatic carboxylic acids is 1. The number of carboxylic acid groups (broad SMARTS) is 1. The van der Waals surface area contributed by atoms with E-state index in [2.05, 4.69) is 15.2 Å². The zero-order valence-corrected chi connectivity index (χ0v) is 16.8. The number of para-hydroxylation sites is 1. The van der Waals surface area contributed by atoms with Gasteiger partial charge in [0.05, 0.1) is 44.3 Å². The molecule has 8 nitrogen and oxygen atoms in total. The number of aromatic nitrogens is 1. The molecule has 0 radical (unpaired) electrons. The van der Waals surface area contributed by atoms with Crippen molar-refractivity contribution in [3.63, 3.8) is 0 Å². The van der Waals surface area contributed by atoms with E-state index in [-0.39, 0.29) is 5.56 Å². The predicted molar refractivity (Wildman–Crippen MR) is 115 cm³/mol. The molecule has 8 heteroatoms. The number of methoxy groups -OCH3 is 2. The number of hydrogen-bond donors (Lipinski definition) is 2. The van der Waals surface area contributed by atoms with Crippen LogP contribution < -0.4 is 19.7 Å². The SMILES string of the molecule is COc1ccc(Nc2c(C(=O)O)cnc3c(N4CCOCC4)cccc23)cc1OC. The largest absolute Gasteiger partial charge is 0.493 e. The highest BCUT2D eigenvalue weighted by molar-refractivity contribution is 6.08. The van der Waals surface area contributed by atoms with Gasteiger partial charge in [0, 0.05) is 36.4 Å². The number of fused-ring (bicyclic) bond motifs is 1. The minimum absolute atomic E-state index is 0.0939. The molecule has 2 N–H and O–H groups in total. The number of anilines is 3. The first-order valence-electron chi connectivity index (χ1n) is 9.59. The molecule has 0 amide bonds. The Hall–Kier alpha value is -3.52. The van der Waals surface area contributed by atoms with Crippen LogP contribution in [-0.4, -0.2) is 56.6 Å². The van der Waals surface area contributed by atoms with Crippen molar-refractivity contribution in [2.24, 2.45) is 0 Å². The Morgan fingerprint density at radius 3 is 2.60 bits per heavy atom. The normalized spacial score (nSPS) is 13.9. The second-order valence-electron chi connectivity index (χ2n) is 6.82. The van der Waals surface area contributed by atoms with Gasteiger partial charge in [-0.2, -0.15) is 0 Å². The summed E-state index contributed by atoms with van der Waals surface area (Å²) in [5.74, 6) is 0.0894. The number of benzene rings is 2. The fourth-order valence-electron chi connectivity index (χ4n) is 3.62. The van der Waals surface area contributed by atoms with Crippen molar-refractivity contribution in [2.75, 3.05) is 50.7 Å². The van der Waals surface area contributed by atoms with Gasteiger partial charge in [-0.15, -0.1) is 0 Å². The third-order valence-electron chi connectivity index (χ3n) is 5.11. The van der Waals surface area contributed by atoms with E-state index in [4.69, 9.17) is 14.2 Å². The van der Waals surface area contributed by atoms with Crippen molar-refractivity contribution in [3.05, 3.63) is 48.2 Å². The van der Waals surface area contributed by atoms with E-state index >= 15 is 0 Å². The van der Waals surface area contributed by atoms with Crippen LogP contribution in [0.1, 0.15) is 10.4 Å². The molecule has 156 valence electrons. The van der Waals surface area contributed by atoms with Crippen LogP contribution in [0.3, 0.4) is 0 Å². The second-order valence-corrected chi connectivity index (χ2v) is 6.82. The number of nitrogens with one attached hydrogen (secondary N) is 1. The summed E-state index contributed by atoms with van der Waals surface area (Å²) >= 11 is 0. The molecular formula is C22H23N3O5. The lowest BCUT2D eigenvalue weighted by Gasteiger charge is -2.29. The molecular weight excluding hydrogens is 386 g/mol. The Labute approximate surface area is 174 Å². The van der Waals surface area contributed by atoms with Gasteiger partial charge < -0.3 is 29.5 Å². The van der Waals surface area contributed by atoms with Crippen molar-refractivity contribution in [1.29, 1.82) is 0 Å². The minimum Gasteiger partial charge on any atom is -0.493 e. The fraction of sp³-hybridized carbons (Fsp3) is 0.273. The molecule has 1 aromatic heterocycles. The van der Waals surface area contributed by atoms with Gasteiger partial charge in [0.2, 0.25) is 0 Å². The van der Waals surface area contributed by atoms with Crippen molar-refractivity contribution in [1.82, 2.24) is 4.98 Å². The second kappa shape index (κ2) is 8.46. The molecule has 1 aliphatic heterocycles. The Bertz CT molecular complexity index is 1080. The van der Waals surface area contributed by atoms with Gasteiger partial charge in [0.15, 0.2) is 11.5 Å². The topological polar surface area (TPSA) is 93.2 Å². The number of carboxylic acids is 1. The summed E-state index contributed by atoms with van der Waals surface area (Å²) in [7, 11) is 3.12. The predicted octanol–water partition coefficient (Wildman–Crippen LogP) is 3.53. The summed E-state index contributed by atoms with van der Waals surface area (Å²) in [5, 5.41) is 13.7. The zero-order valence-electron chi connectivity index (χ0n) is 16.8. The maximum absolute atomic E-state index is 11.9. The first-order valence-corrected chi connectivity index (χ1v) is 9.59. The van der Waals surface area contributed by atoms with Crippen molar-refractivity contribution in [3.8, 4) is 11.5 Å². The van der Waals surface area contributed by atoms with Crippen LogP contribution in [0.5, 0.6) is 11.5 Å². The molecule has 1 aliphatic rings. The molecule has 4 rings (SSSR count). The van der Waals surface area contributed by atoms with Gasteiger partial charge in [0.1, 0.15) is 5.56 Å². The molecule has 2 heterocycles. The Balaban J connectivity index is 1.83. The van der Waals surface area contributed by atoms with Gasteiger partial charge in [0.25, 0.3) is 0 Å². The van der Waals surface area contributed by atoms with E-state index in [9.17, 15) is 9.90 Å². The van der Waals surface area contributed by atoms with Crippen LogP contribution in [0.25, 0.3) is 10.9 Å². The minimum atomic E-state index is -1.05. The van der Waals surface area contributed by atoms with Crippen LogP contribution >= 0.6 is 0 Å². The molecule has 1 saturated heterocycles. The van der Waals surface area contributed by atoms with Gasteiger partial charge in [-0.1, -0.05) is 12.1 Å². The van der Waals surface area contributed by atoms with E-state index in [1.165, 1.54) is 6.20 Å². The van der Waals surface area contributed by atoms with Crippen LogP contribution in [0.2, 0.25) is 0 Å². The van der Waals surface area contributed by atoms with Crippen molar-refractivity contribution < 1.29 is 24.1 Å². The number of morpholine rings is 1. The van der Waals surface area contributed by atoms with E-state index in [1.807, 2.05) is 24.3 Å². The van der Waals surface area contributed by atoms with Crippen LogP contribution in [0.15, 0.2) is 42.6 Å². The molecule has 30 heavy (non-hydrogen) atoms. The van der Waals surface area contributed by atoms with E-state index in [0.717, 1.165) is 29.7 Å². The quantitative estimate of drug-likeness (QED) is 0.639. The summed E-state index contributed by atoms with van der Waals surface area (Å²) in [4.78, 5) is 18.6. The summed E-state index contributed by atoms with van der Waals surface area (Å²) in [5.41, 5.74) is 2.96. The van der Waals surface area contributed by atoms with Crippen LogP contribution in [0, 0.1) is 0 Å². The lowest BCUT2D eigenvalue weighted by molar-refractivity contribution is 0.0697. The molecule has 0 bridgehead atoms. The van der Waals surface area contributed by atoms with Crippen LogP contribution in [-0.2, 0) is 4.74 Å². The number of carbonyl (C=O) groups is 1. The Kier molecular flexibility index (Phi) is 5.58. The van der Waals surface area contributed by atoms with Gasteiger partial charge in [-0.25, -0.2) is 4.79 Å². The van der Waals surface area contributed by atoms with Crippen molar-refractivity contribution >= 4 is 33.9 Å². The highest BCUT2D eigenvalue weighted by atomic mass is 16.5. The fourth-order valence-corrected chi connectivity index (χ4v) is 3.62. The molecule has 0 aliphatic carbocycles. The van der Waals surface area contributed by atoms with E-state index in [1.54, 1.807) is 26.4 Å². The highest BCUT2D eigenvalue weighted by Gasteiger charge is 2.20. The Morgan fingerprint density at radius 2 is 1.90 bits per heavy atom. The number of hydrogen-bond acceptors (Lipinski definition) is 7. The van der Waals surface area contributed by atoms with Gasteiger partial charge in [-0.3, -0.25) is 4.98 Å². The first-order chi connectivity index (χ1) is 14.6. The highest BCUT2D eigenvalue weighted by Crippen LogP contribution is 2.36. The molecule has 0 saturated carbocycles. The van der Waals surface area contributed by atoms with E-state index in [0.29, 0.717) is 36.1 Å². The number of nitrogens with zero attached hydrogens (tertiary/aromatic N) is 2.